The fourth-order valence-electron chi connectivity index (χ4n) is 3.53. The number of benzene rings is 1. The maximum atomic E-state index is 13.7. The zero-order valence-corrected chi connectivity index (χ0v) is 16.8. The summed E-state index contributed by atoms with van der Waals surface area (Å²) >= 11 is 4.96. The van der Waals surface area contributed by atoms with Crippen LogP contribution in [0.2, 0.25) is 0 Å². The average molecular weight is 421 g/mol. The number of hydrogen-bond acceptors (Lipinski definition) is 6. The number of carbonyl (C=O) groups excluding carboxylic acids is 1. The first kappa shape index (κ1) is 21.4. The molecule has 1 fully saturated rings. The van der Waals surface area contributed by atoms with Crippen LogP contribution < -0.4 is 5.32 Å². The number of carbonyl (C=O) groups is 1. The van der Waals surface area contributed by atoms with E-state index in [1.807, 2.05) is 0 Å². The molecule has 8 heteroatoms. The number of amides is 1. The summed E-state index contributed by atoms with van der Waals surface area (Å²) in [5.41, 5.74) is 0.543. The van der Waals surface area contributed by atoms with Crippen LogP contribution in [0.1, 0.15) is 31.2 Å². The monoisotopic (exact) mass is 420 g/mol. The summed E-state index contributed by atoms with van der Waals surface area (Å²) in [5, 5.41) is 24.5. The first-order valence-corrected chi connectivity index (χ1v) is 10.2. The molecule has 1 aromatic carbocycles. The summed E-state index contributed by atoms with van der Waals surface area (Å²) in [6.45, 7) is 0.742. The van der Waals surface area contributed by atoms with Crippen LogP contribution in [0.3, 0.4) is 0 Å². The Morgan fingerprint density at radius 1 is 1.34 bits per heavy atom. The van der Waals surface area contributed by atoms with Gasteiger partial charge in [0, 0.05) is 30.2 Å². The summed E-state index contributed by atoms with van der Waals surface area (Å²) in [6.07, 6.45) is 4.61. The van der Waals surface area contributed by atoms with Crippen molar-refractivity contribution in [2.24, 2.45) is 0 Å². The average Bonchev–Trinajstić information content (AvgIpc) is 3.23. The first-order chi connectivity index (χ1) is 14.0. The standard InChI is InChI=1S/C21H25FN2O4S/c22-17-8-4-1-5-14(17)11-23-21(27)16-12-24(18(13-29)20(26)19(16)25)9-10-28-15-6-2-3-7-15/h1,4-5,8,12-13,15,19,25-26H,2-3,6-7,9-11H2,(H,23,27). The number of nitrogens with zero attached hydrogens (tertiary/aromatic N) is 1. The smallest absolute Gasteiger partial charge is 0.252 e. The highest BCUT2D eigenvalue weighted by Gasteiger charge is 2.31. The fourth-order valence-corrected chi connectivity index (χ4v) is 3.79. The Bertz CT molecular complexity index is 821. The second-order valence-electron chi connectivity index (χ2n) is 7.12. The lowest BCUT2D eigenvalue weighted by atomic mass is 10.0. The number of halogens is 1. The van der Waals surface area contributed by atoms with E-state index in [-0.39, 0.29) is 29.7 Å². The van der Waals surface area contributed by atoms with Crippen LogP contribution in [0.5, 0.6) is 0 Å². The van der Waals surface area contributed by atoms with Crippen molar-refractivity contribution in [3.05, 3.63) is 58.9 Å². The van der Waals surface area contributed by atoms with Crippen molar-refractivity contribution in [3.8, 4) is 0 Å². The third-order valence-corrected chi connectivity index (χ3v) is 5.40. The number of nitrogens with one attached hydrogen (secondary N) is 1. The zero-order chi connectivity index (χ0) is 20.8. The number of hydrogen-bond donors (Lipinski definition) is 3. The highest BCUT2D eigenvalue weighted by Crippen LogP contribution is 2.25. The maximum absolute atomic E-state index is 13.7. The van der Waals surface area contributed by atoms with Crippen LogP contribution in [0.25, 0.3) is 0 Å². The summed E-state index contributed by atoms with van der Waals surface area (Å²) in [6, 6.07) is 6.11. The van der Waals surface area contributed by atoms with E-state index in [0.717, 1.165) is 12.8 Å². The fraction of sp³-hybridized carbons (Fsp3) is 0.429. The van der Waals surface area contributed by atoms with E-state index < -0.39 is 17.8 Å². The molecule has 3 rings (SSSR count). The molecule has 1 aliphatic heterocycles. The highest BCUT2D eigenvalue weighted by molar-refractivity contribution is 7.79. The van der Waals surface area contributed by atoms with E-state index in [4.69, 9.17) is 17.0 Å². The predicted octanol–water partition coefficient (Wildman–Crippen LogP) is 2.73. The van der Waals surface area contributed by atoms with Crippen LogP contribution >= 0.6 is 12.2 Å². The molecule has 1 unspecified atom stereocenters. The Kier molecular flexibility index (Phi) is 7.35. The van der Waals surface area contributed by atoms with Gasteiger partial charge in [-0.3, -0.25) is 4.79 Å². The zero-order valence-electron chi connectivity index (χ0n) is 16.0. The minimum atomic E-state index is -1.50. The minimum Gasteiger partial charge on any atom is -0.507 e. The van der Waals surface area contributed by atoms with Crippen LogP contribution in [0, 0.1) is 5.82 Å². The number of thiocarbonyl (C=S) groups is 1. The molecule has 0 aromatic heterocycles. The lowest BCUT2D eigenvalue weighted by molar-refractivity contribution is -0.118. The van der Waals surface area contributed by atoms with Gasteiger partial charge in [-0.15, -0.1) is 0 Å². The van der Waals surface area contributed by atoms with Gasteiger partial charge in [-0.05, 0) is 18.9 Å². The number of aliphatic hydroxyl groups excluding tert-OH is 2. The van der Waals surface area contributed by atoms with Crippen molar-refractivity contribution in [2.75, 3.05) is 13.2 Å². The van der Waals surface area contributed by atoms with Gasteiger partial charge in [0.25, 0.3) is 5.91 Å². The van der Waals surface area contributed by atoms with Crippen molar-refractivity contribution < 1.29 is 24.1 Å². The molecule has 1 aromatic rings. The van der Waals surface area contributed by atoms with Gasteiger partial charge in [-0.2, -0.15) is 0 Å². The molecule has 1 aliphatic carbocycles. The summed E-state index contributed by atoms with van der Waals surface area (Å²) < 4.78 is 19.6. The normalized spacial score (nSPS) is 20.0. The largest absolute Gasteiger partial charge is 0.507 e. The topological polar surface area (TPSA) is 82.0 Å². The minimum absolute atomic E-state index is 0.0369. The SMILES string of the molecule is O=C(NCc1ccccc1F)C1=CN(CCOC2CCCC2)C(C=S)=C(O)C1O. The van der Waals surface area contributed by atoms with Crippen molar-refractivity contribution >= 4 is 23.5 Å². The van der Waals surface area contributed by atoms with Crippen molar-refractivity contribution in [1.82, 2.24) is 10.2 Å². The maximum Gasteiger partial charge on any atom is 0.252 e. The Balaban J connectivity index is 1.66. The molecular weight excluding hydrogens is 395 g/mol. The Morgan fingerprint density at radius 2 is 2.07 bits per heavy atom. The Labute approximate surface area is 174 Å². The summed E-state index contributed by atoms with van der Waals surface area (Å²) in [7, 11) is 0. The lowest BCUT2D eigenvalue weighted by Crippen LogP contribution is -2.38. The van der Waals surface area contributed by atoms with Crippen LogP contribution in [0.15, 0.2) is 47.5 Å². The van der Waals surface area contributed by atoms with E-state index in [0.29, 0.717) is 18.7 Å². The van der Waals surface area contributed by atoms with Crippen LogP contribution in [-0.2, 0) is 16.1 Å². The van der Waals surface area contributed by atoms with Gasteiger partial charge in [0.15, 0.2) is 5.76 Å². The van der Waals surface area contributed by atoms with Crippen LogP contribution in [0.4, 0.5) is 4.39 Å². The summed E-state index contributed by atoms with van der Waals surface area (Å²) in [4.78, 5) is 14.2. The van der Waals surface area contributed by atoms with Crippen molar-refractivity contribution in [3.63, 3.8) is 0 Å². The van der Waals surface area contributed by atoms with E-state index in [1.54, 1.807) is 23.1 Å². The molecule has 0 spiro atoms. The number of rotatable bonds is 8. The molecule has 1 saturated carbocycles. The van der Waals surface area contributed by atoms with Gasteiger partial charge in [-0.1, -0.05) is 43.3 Å². The molecule has 156 valence electrons. The van der Waals surface area contributed by atoms with E-state index in [2.05, 4.69) is 5.32 Å². The second-order valence-corrected chi connectivity index (χ2v) is 7.36. The summed E-state index contributed by atoms with van der Waals surface area (Å²) in [5.74, 6) is -1.42. The van der Waals surface area contributed by atoms with E-state index in [9.17, 15) is 19.4 Å². The molecule has 1 amide bonds. The van der Waals surface area contributed by atoms with Gasteiger partial charge in [0.05, 0.1) is 24.0 Å². The van der Waals surface area contributed by atoms with Crippen LogP contribution in [-0.4, -0.2) is 51.7 Å². The number of allylic oxidation sites excluding steroid dienone is 1. The molecule has 0 radical (unpaired) electrons. The van der Waals surface area contributed by atoms with Gasteiger partial charge < -0.3 is 25.2 Å². The molecule has 0 saturated heterocycles. The molecule has 1 atom stereocenters. The second kappa shape index (κ2) is 9.96. The highest BCUT2D eigenvalue weighted by atomic mass is 32.1. The van der Waals surface area contributed by atoms with Gasteiger partial charge in [0.2, 0.25) is 0 Å². The number of aliphatic hydroxyl groups is 2. The molecule has 29 heavy (non-hydrogen) atoms. The van der Waals surface area contributed by atoms with Gasteiger partial charge >= 0.3 is 0 Å². The molecule has 0 bridgehead atoms. The quantitative estimate of drug-likeness (QED) is 0.561. The lowest BCUT2D eigenvalue weighted by Gasteiger charge is -2.30. The van der Waals surface area contributed by atoms with E-state index >= 15 is 0 Å². The molecule has 2 aliphatic rings. The van der Waals surface area contributed by atoms with Gasteiger partial charge in [0.1, 0.15) is 11.9 Å². The predicted molar refractivity (Wildman–Crippen MR) is 111 cm³/mol. The Morgan fingerprint density at radius 3 is 2.76 bits per heavy atom. The van der Waals surface area contributed by atoms with Crippen molar-refractivity contribution in [1.29, 1.82) is 0 Å². The third-order valence-electron chi connectivity index (χ3n) is 5.18. The molecular formula is C21H25FN2O4S. The Hall–Kier alpha value is -2.29. The first-order valence-electron chi connectivity index (χ1n) is 9.69. The molecule has 1 heterocycles. The third kappa shape index (κ3) is 5.20. The molecule has 3 N–H and O–H groups in total. The molecule has 6 nitrogen and oxygen atoms in total. The van der Waals surface area contributed by atoms with E-state index in [1.165, 1.54) is 30.5 Å². The number of ether oxygens (including phenoxy) is 1. The van der Waals surface area contributed by atoms with Crippen molar-refractivity contribution in [2.45, 2.75) is 44.4 Å². The van der Waals surface area contributed by atoms with Gasteiger partial charge in [-0.25, -0.2) is 4.39 Å².